The van der Waals surface area contributed by atoms with Crippen LogP contribution in [0, 0.1) is 0 Å². The lowest BCUT2D eigenvalue weighted by Crippen LogP contribution is -2.46. The molecule has 39 heavy (non-hydrogen) atoms. The lowest BCUT2D eigenvalue weighted by molar-refractivity contribution is -0.125. The molecular formula is C30H34N4O5. The van der Waals surface area contributed by atoms with Crippen molar-refractivity contribution in [2.45, 2.75) is 70.1 Å². The number of hydrogen-bond acceptors (Lipinski definition) is 7. The summed E-state index contributed by atoms with van der Waals surface area (Å²) in [7, 11) is 1.65. The van der Waals surface area contributed by atoms with Gasteiger partial charge in [-0.3, -0.25) is 14.2 Å². The van der Waals surface area contributed by atoms with Gasteiger partial charge < -0.3 is 19.6 Å². The van der Waals surface area contributed by atoms with Crippen molar-refractivity contribution in [1.82, 2.24) is 14.5 Å². The first kappa shape index (κ1) is 26.6. The molecule has 3 heterocycles. The second-order valence-electron chi connectivity index (χ2n) is 10.5. The molecule has 1 saturated carbocycles. The first-order valence-electron chi connectivity index (χ1n) is 13.3. The molecule has 1 fully saturated rings. The van der Waals surface area contributed by atoms with Crippen LogP contribution in [0.5, 0.6) is 5.75 Å². The summed E-state index contributed by atoms with van der Waals surface area (Å²) in [5.74, 6) is 0.408. The second-order valence-corrected chi connectivity index (χ2v) is 10.5. The highest BCUT2D eigenvalue weighted by Crippen LogP contribution is 2.35. The highest BCUT2D eigenvalue weighted by Gasteiger charge is 2.31. The van der Waals surface area contributed by atoms with Crippen LogP contribution in [0.15, 0.2) is 64.3 Å². The Bertz CT molecular complexity index is 1520. The third kappa shape index (κ3) is 5.31. The molecule has 9 heteroatoms. The molecule has 2 N–H and O–H groups in total. The summed E-state index contributed by atoms with van der Waals surface area (Å²) in [6.45, 7) is 3.25. The molecule has 1 aliphatic rings. The van der Waals surface area contributed by atoms with E-state index in [9.17, 15) is 9.59 Å². The predicted octanol–water partition coefficient (Wildman–Crippen LogP) is 4.91. The van der Waals surface area contributed by atoms with E-state index in [1.165, 1.54) is 23.4 Å². The van der Waals surface area contributed by atoms with Crippen molar-refractivity contribution in [3.63, 3.8) is 0 Å². The van der Waals surface area contributed by atoms with Gasteiger partial charge >= 0.3 is 0 Å². The zero-order chi connectivity index (χ0) is 27.6. The molecule has 0 saturated heterocycles. The molecule has 0 bridgehead atoms. The normalized spacial score (nSPS) is 15.4. The SMILES string of the molecule is COc1ccccc1[C@H](Cc1cn(C(C)(C)C(N)=O)c(=O)c2nc(-c3ncco3)ccc12)OC1CCCCC1. The standard InChI is InChI=1S/C30H34N4O5/c1-30(2,29(31)36)34-18-19(21-13-14-23(27-32-15-16-38-27)33-26(21)28(34)35)17-25(39-20-9-5-4-6-10-20)22-11-7-8-12-24(22)37-3/h7-8,11-16,18,20,25H,4-6,9-10,17H2,1-3H3,(H2,31,36)/t25-/m0/s1. The largest absolute Gasteiger partial charge is 0.496 e. The molecule has 0 aliphatic heterocycles. The Labute approximate surface area is 227 Å². The van der Waals surface area contributed by atoms with E-state index in [1.54, 1.807) is 33.2 Å². The topological polar surface area (TPSA) is 122 Å². The lowest BCUT2D eigenvalue weighted by Gasteiger charge is -2.30. The van der Waals surface area contributed by atoms with E-state index in [2.05, 4.69) is 9.97 Å². The Morgan fingerprint density at radius 3 is 2.64 bits per heavy atom. The first-order chi connectivity index (χ1) is 18.8. The molecule has 9 nitrogen and oxygen atoms in total. The van der Waals surface area contributed by atoms with E-state index in [1.807, 2.05) is 30.3 Å². The maximum absolute atomic E-state index is 13.7. The number of amides is 1. The van der Waals surface area contributed by atoms with Crippen molar-refractivity contribution in [1.29, 1.82) is 0 Å². The molecule has 1 amide bonds. The minimum absolute atomic E-state index is 0.127. The van der Waals surface area contributed by atoms with E-state index >= 15 is 0 Å². The average molecular weight is 531 g/mol. The van der Waals surface area contributed by atoms with Crippen LogP contribution in [0.2, 0.25) is 0 Å². The summed E-state index contributed by atoms with van der Waals surface area (Å²) in [6, 6.07) is 11.5. The van der Waals surface area contributed by atoms with Crippen molar-refractivity contribution in [2.75, 3.05) is 7.11 Å². The van der Waals surface area contributed by atoms with Gasteiger partial charge in [-0.25, -0.2) is 9.97 Å². The number of oxazole rings is 1. The number of primary amides is 1. The molecule has 204 valence electrons. The van der Waals surface area contributed by atoms with Crippen molar-refractivity contribution in [3.8, 4) is 17.3 Å². The first-order valence-corrected chi connectivity index (χ1v) is 13.3. The minimum atomic E-state index is -1.29. The molecular weight excluding hydrogens is 496 g/mol. The van der Waals surface area contributed by atoms with Crippen LogP contribution in [0.4, 0.5) is 0 Å². The number of fused-ring (bicyclic) bond motifs is 1. The van der Waals surface area contributed by atoms with Crippen LogP contribution >= 0.6 is 0 Å². The quantitative estimate of drug-likeness (QED) is 0.326. The smallest absolute Gasteiger partial charge is 0.278 e. The van der Waals surface area contributed by atoms with Crippen LogP contribution in [0.3, 0.4) is 0 Å². The maximum Gasteiger partial charge on any atom is 0.278 e. The number of nitrogens with zero attached hydrogens (tertiary/aromatic N) is 3. The number of rotatable bonds is 9. The summed E-state index contributed by atoms with van der Waals surface area (Å²) in [5.41, 5.74) is 6.38. The molecule has 1 aromatic carbocycles. The van der Waals surface area contributed by atoms with Crippen LogP contribution in [-0.2, 0) is 21.5 Å². The van der Waals surface area contributed by atoms with Crippen molar-refractivity contribution in [3.05, 3.63) is 76.5 Å². The van der Waals surface area contributed by atoms with Crippen LogP contribution in [-0.4, -0.2) is 33.7 Å². The number of nitrogens with two attached hydrogens (primary N) is 1. The summed E-state index contributed by atoms with van der Waals surface area (Å²) < 4.78 is 19.2. The fourth-order valence-corrected chi connectivity index (χ4v) is 5.24. The number of methoxy groups -OCH3 is 1. The Morgan fingerprint density at radius 2 is 1.95 bits per heavy atom. The van der Waals surface area contributed by atoms with E-state index in [0.29, 0.717) is 23.4 Å². The van der Waals surface area contributed by atoms with Crippen molar-refractivity contribution >= 4 is 16.8 Å². The average Bonchev–Trinajstić information content (AvgIpc) is 3.49. The summed E-state index contributed by atoms with van der Waals surface area (Å²) in [4.78, 5) is 35.0. The lowest BCUT2D eigenvalue weighted by atomic mass is 9.94. The highest BCUT2D eigenvalue weighted by atomic mass is 16.5. The Morgan fingerprint density at radius 1 is 1.18 bits per heavy atom. The number of benzene rings is 1. The second kappa shape index (κ2) is 11.0. The molecule has 3 aromatic heterocycles. The number of carbonyl (C=O) groups excluding carboxylic acids is 1. The van der Waals surface area contributed by atoms with E-state index in [0.717, 1.165) is 42.6 Å². The zero-order valence-electron chi connectivity index (χ0n) is 22.6. The van der Waals surface area contributed by atoms with Crippen LogP contribution in [0.1, 0.15) is 63.2 Å². The summed E-state index contributed by atoms with van der Waals surface area (Å²) >= 11 is 0. The Hall–Kier alpha value is -3.98. The molecule has 1 aliphatic carbocycles. The number of hydrogen-bond donors (Lipinski definition) is 1. The number of carbonyl (C=O) groups is 1. The van der Waals surface area contributed by atoms with E-state index in [4.69, 9.17) is 19.6 Å². The van der Waals surface area contributed by atoms with Gasteiger partial charge in [-0.15, -0.1) is 0 Å². The van der Waals surface area contributed by atoms with Gasteiger partial charge in [-0.1, -0.05) is 37.5 Å². The van der Waals surface area contributed by atoms with Crippen molar-refractivity contribution < 1.29 is 18.7 Å². The van der Waals surface area contributed by atoms with Gasteiger partial charge in [0.2, 0.25) is 11.8 Å². The van der Waals surface area contributed by atoms with Gasteiger partial charge in [-0.2, -0.15) is 0 Å². The molecule has 0 spiro atoms. The van der Waals surface area contributed by atoms with E-state index < -0.39 is 17.0 Å². The summed E-state index contributed by atoms with van der Waals surface area (Å²) in [6.07, 6.45) is 10.4. The fourth-order valence-electron chi connectivity index (χ4n) is 5.24. The Balaban J connectivity index is 1.67. The fraction of sp³-hybridized carbons (Fsp3) is 0.400. The minimum Gasteiger partial charge on any atom is -0.496 e. The third-order valence-electron chi connectivity index (χ3n) is 7.60. The van der Waals surface area contributed by atoms with E-state index in [-0.39, 0.29) is 17.7 Å². The number of aromatic nitrogens is 3. The molecule has 0 radical (unpaired) electrons. The molecule has 5 rings (SSSR count). The Kier molecular flexibility index (Phi) is 7.52. The third-order valence-corrected chi connectivity index (χ3v) is 7.60. The number of pyridine rings is 2. The predicted molar refractivity (Wildman–Crippen MR) is 147 cm³/mol. The maximum atomic E-state index is 13.7. The van der Waals surface area contributed by atoms with Crippen molar-refractivity contribution in [2.24, 2.45) is 5.73 Å². The monoisotopic (exact) mass is 530 g/mol. The van der Waals surface area contributed by atoms with Gasteiger partial charge in [0, 0.05) is 23.6 Å². The molecule has 1 atom stereocenters. The van der Waals surface area contributed by atoms with Gasteiger partial charge in [0.25, 0.3) is 5.56 Å². The zero-order valence-corrected chi connectivity index (χ0v) is 22.6. The van der Waals surface area contributed by atoms with Gasteiger partial charge in [0.15, 0.2) is 0 Å². The van der Waals surface area contributed by atoms with Crippen LogP contribution in [0.25, 0.3) is 22.5 Å². The van der Waals surface area contributed by atoms with Crippen LogP contribution < -0.4 is 16.0 Å². The number of para-hydroxylation sites is 1. The summed E-state index contributed by atoms with van der Waals surface area (Å²) in [5, 5.41) is 0.666. The molecule has 4 aromatic rings. The van der Waals surface area contributed by atoms with Gasteiger partial charge in [-0.05, 0) is 50.5 Å². The molecule has 0 unspecified atom stereocenters. The van der Waals surface area contributed by atoms with Gasteiger partial charge in [0.05, 0.1) is 25.5 Å². The van der Waals surface area contributed by atoms with Gasteiger partial charge in [0.1, 0.15) is 28.8 Å². The highest BCUT2D eigenvalue weighted by molar-refractivity contribution is 5.85. The number of ether oxygens (including phenoxy) is 2.